The molecular formula is C20H26N2O6S2. The molecule has 2 aromatic rings. The maximum atomic E-state index is 12.7. The predicted molar refractivity (Wildman–Crippen MR) is 113 cm³/mol. The molecule has 0 atom stereocenters. The first kappa shape index (κ1) is 22.5. The molecule has 8 nitrogen and oxygen atoms in total. The summed E-state index contributed by atoms with van der Waals surface area (Å²) in [7, 11) is -4.40. The molecule has 0 radical (unpaired) electrons. The Labute approximate surface area is 177 Å². The van der Waals surface area contributed by atoms with E-state index >= 15 is 0 Å². The smallest absolute Gasteiger partial charge is 0.244 e. The van der Waals surface area contributed by atoms with Crippen LogP contribution in [0.4, 0.5) is 0 Å². The van der Waals surface area contributed by atoms with Crippen molar-refractivity contribution in [2.75, 3.05) is 33.9 Å². The molecule has 3 rings (SSSR count). The number of rotatable bonds is 9. The van der Waals surface area contributed by atoms with E-state index in [9.17, 15) is 16.8 Å². The van der Waals surface area contributed by atoms with Gasteiger partial charge in [0, 0.05) is 25.7 Å². The van der Waals surface area contributed by atoms with E-state index in [0.717, 1.165) is 18.4 Å². The summed E-state index contributed by atoms with van der Waals surface area (Å²) >= 11 is 0. The van der Waals surface area contributed by atoms with E-state index < -0.39 is 20.0 Å². The second kappa shape index (κ2) is 9.34. The molecule has 1 saturated heterocycles. The van der Waals surface area contributed by atoms with Crippen LogP contribution >= 0.6 is 0 Å². The van der Waals surface area contributed by atoms with E-state index in [1.54, 1.807) is 30.3 Å². The van der Waals surface area contributed by atoms with E-state index in [-0.39, 0.29) is 22.1 Å². The number of nitrogens with zero attached hydrogens (tertiary/aromatic N) is 1. The first-order valence-corrected chi connectivity index (χ1v) is 12.5. The average molecular weight is 455 g/mol. The summed E-state index contributed by atoms with van der Waals surface area (Å²) in [6, 6.07) is 11.1. The summed E-state index contributed by atoms with van der Waals surface area (Å²) in [5.41, 5.74) is 0.829. The van der Waals surface area contributed by atoms with Gasteiger partial charge in [0.2, 0.25) is 20.0 Å². The third-order valence-corrected chi connectivity index (χ3v) is 8.39. The molecule has 0 unspecified atom stereocenters. The minimum Gasteiger partial charge on any atom is -0.497 e. The maximum absolute atomic E-state index is 12.7. The largest absolute Gasteiger partial charge is 0.497 e. The summed E-state index contributed by atoms with van der Waals surface area (Å²) < 4.78 is 64.8. The number of ether oxygens (including phenoxy) is 2. The summed E-state index contributed by atoms with van der Waals surface area (Å²) in [5.74, 6) is 0.630. The fraction of sp³-hybridized carbons (Fsp3) is 0.400. The Morgan fingerprint density at radius 3 is 2.20 bits per heavy atom. The van der Waals surface area contributed by atoms with Gasteiger partial charge in [-0.2, -0.15) is 4.31 Å². The van der Waals surface area contributed by atoms with Gasteiger partial charge in [-0.15, -0.1) is 0 Å². The van der Waals surface area contributed by atoms with E-state index in [0.29, 0.717) is 25.3 Å². The van der Waals surface area contributed by atoms with E-state index in [1.807, 2.05) is 0 Å². The summed E-state index contributed by atoms with van der Waals surface area (Å²) in [4.78, 5) is 0.256. The van der Waals surface area contributed by atoms with Crippen molar-refractivity contribution in [2.45, 2.75) is 29.1 Å². The van der Waals surface area contributed by atoms with Crippen molar-refractivity contribution < 1.29 is 26.3 Å². The topological polar surface area (TPSA) is 102 Å². The van der Waals surface area contributed by atoms with Gasteiger partial charge < -0.3 is 9.47 Å². The molecule has 0 aromatic heterocycles. The molecule has 0 amide bonds. The lowest BCUT2D eigenvalue weighted by Gasteiger charge is -2.15. The van der Waals surface area contributed by atoms with Crippen LogP contribution in [0.2, 0.25) is 0 Å². The monoisotopic (exact) mass is 454 g/mol. The summed E-state index contributed by atoms with van der Waals surface area (Å²) in [6.45, 7) is 1.26. The molecule has 0 saturated carbocycles. The van der Waals surface area contributed by atoms with Crippen LogP contribution in [0.5, 0.6) is 11.5 Å². The van der Waals surface area contributed by atoms with Gasteiger partial charge in [0.15, 0.2) is 0 Å². The fourth-order valence-electron chi connectivity index (χ4n) is 3.31. The molecule has 0 bridgehead atoms. The van der Waals surface area contributed by atoms with Crippen molar-refractivity contribution in [2.24, 2.45) is 0 Å². The Bertz CT molecular complexity index is 1080. The molecule has 1 heterocycles. The highest BCUT2D eigenvalue weighted by molar-refractivity contribution is 7.89. The second-order valence-electron chi connectivity index (χ2n) is 6.92. The van der Waals surface area contributed by atoms with Gasteiger partial charge in [-0.25, -0.2) is 21.6 Å². The van der Waals surface area contributed by atoms with Crippen LogP contribution in [-0.2, 0) is 26.5 Å². The number of methoxy groups -OCH3 is 2. The van der Waals surface area contributed by atoms with Gasteiger partial charge in [0.1, 0.15) is 16.4 Å². The van der Waals surface area contributed by atoms with Crippen LogP contribution in [0.25, 0.3) is 0 Å². The zero-order chi connectivity index (χ0) is 21.8. The van der Waals surface area contributed by atoms with Crippen LogP contribution < -0.4 is 14.2 Å². The highest BCUT2D eigenvalue weighted by Gasteiger charge is 2.27. The highest BCUT2D eigenvalue weighted by Crippen LogP contribution is 2.28. The first-order chi connectivity index (χ1) is 14.3. The Kier molecular flexibility index (Phi) is 7.02. The Balaban J connectivity index is 1.65. The average Bonchev–Trinajstić information content (AvgIpc) is 3.29. The van der Waals surface area contributed by atoms with Crippen molar-refractivity contribution in [3.05, 3.63) is 48.0 Å². The summed E-state index contributed by atoms with van der Waals surface area (Å²) in [6.07, 6.45) is 2.18. The van der Waals surface area contributed by atoms with Gasteiger partial charge in [0.25, 0.3) is 0 Å². The minimum absolute atomic E-state index is 0.00333. The van der Waals surface area contributed by atoms with Gasteiger partial charge in [-0.1, -0.05) is 12.1 Å². The summed E-state index contributed by atoms with van der Waals surface area (Å²) in [5, 5.41) is 0. The molecule has 164 valence electrons. The third kappa shape index (κ3) is 4.94. The Hall–Kier alpha value is -2.14. The van der Waals surface area contributed by atoms with Crippen LogP contribution in [0.15, 0.2) is 52.3 Å². The lowest BCUT2D eigenvalue weighted by molar-refractivity contribution is 0.392. The van der Waals surface area contributed by atoms with E-state index in [2.05, 4.69) is 4.72 Å². The fourth-order valence-corrected chi connectivity index (χ4v) is 6.04. The van der Waals surface area contributed by atoms with Gasteiger partial charge in [0.05, 0.1) is 19.1 Å². The minimum atomic E-state index is -3.81. The molecule has 30 heavy (non-hydrogen) atoms. The number of nitrogens with one attached hydrogen (secondary N) is 1. The molecule has 0 spiro atoms. The predicted octanol–water partition coefficient (Wildman–Crippen LogP) is 2.01. The molecule has 1 aliphatic heterocycles. The Morgan fingerprint density at radius 2 is 1.60 bits per heavy atom. The second-order valence-corrected chi connectivity index (χ2v) is 10.6. The van der Waals surface area contributed by atoms with Gasteiger partial charge in [-0.3, -0.25) is 0 Å². The molecule has 10 heteroatoms. The molecule has 0 aliphatic carbocycles. The van der Waals surface area contributed by atoms with Crippen molar-refractivity contribution in [3.63, 3.8) is 0 Å². The zero-order valence-corrected chi connectivity index (χ0v) is 18.6. The van der Waals surface area contributed by atoms with Crippen LogP contribution in [0.3, 0.4) is 0 Å². The maximum Gasteiger partial charge on any atom is 0.244 e. The van der Waals surface area contributed by atoms with Crippen molar-refractivity contribution in [1.82, 2.24) is 9.03 Å². The van der Waals surface area contributed by atoms with Gasteiger partial charge in [-0.05, 0) is 49.1 Å². The lowest BCUT2D eigenvalue weighted by atomic mass is 10.2. The zero-order valence-electron chi connectivity index (χ0n) is 17.0. The SMILES string of the molecule is COc1ccc(OC)c(S(=O)(=O)NCCc2ccc(S(=O)(=O)N3CCCC3)cc2)c1. The molecule has 1 fully saturated rings. The van der Waals surface area contributed by atoms with Crippen molar-refractivity contribution in [1.29, 1.82) is 0 Å². The third-order valence-electron chi connectivity index (χ3n) is 4.99. The van der Waals surface area contributed by atoms with Crippen LogP contribution in [-0.4, -0.2) is 55.0 Å². The first-order valence-electron chi connectivity index (χ1n) is 9.59. The highest BCUT2D eigenvalue weighted by atomic mass is 32.2. The quantitative estimate of drug-likeness (QED) is 0.622. The molecule has 1 aliphatic rings. The van der Waals surface area contributed by atoms with E-state index in [4.69, 9.17) is 9.47 Å². The van der Waals surface area contributed by atoms with Crippen molar-refractivity contribution >= 4 is 20.0 Å². The number of benzene rings is 2. The number of sulfonamides is 2. The molecule has 2 aromatic carbocycles. The van der Waals surface area contributed by atoms with Crippen LogP contribution in [0.1, 0.15) is 18.4 Å². The molecule has 1 N–H and O–H groups in total. The Morgan fingerprint density at radius 1 is 0.933 bits per heavy atom. The van der Waals surface area contributed by atoms with Gasteiger partial charge >= 0.3 is 0 Å². The van der Waals surface area contributed by atoms with Crippen LogP contribution in [0, 0.1) is 0 Å². The van der Waals surface area contributed by atoms with Crippen molar-refractivity contribution in [3.8, 4) is 11.5 Å². The van der Waals surface area contributed by atoms with E-state index in [1.165, 1.54) is 30.7 Å². The standard InChI is InChI=1S/C20H26N2O6S2/c1-27-17-7-10-19(28-2)20(15-17)29(23,24)21-12-11-16-5-8-18(9-6-16)30(25,26)22-13-3-4-14-22/h5-10,15,21H,3-4,11-14H2,1-2H3. The lowest BCUT2D eigenvalue weighted by Crippen LogP contribution is -2.28. The molecular weight excluding hydrogens is 428 g/mol. The number of hydrogen-bond donors (Lipinski definition) is 1. The number of hydrogen-bond acceptors (Lipinski definition) is 6. The normalized spacial score (nSPS) is 15.3.